The molecule has 0 aliphatic carbocycles. The molecule has 3 N–H and O–H groups in total. The summed E-state index contributed by atoms with van der Waals surface area (Å²) in [7, 11) is 0. The number of nitrogen functional groups attached to an aromatic ring is 1. The molecule has 3 rings (SSSR count). The smallest absolute Gasteiger partial charge is 0.339 e. The molecule has 0 spiro atoms. The molecule has 0 saturated heterocycles. The second kappa shape index (κ2) is 5.55. The lowest BCUT2D eigenvalue weighted by Crippen LogP contribution is -2.12. The number of aromatic nitrogens is 3. The Bertz CT molecular complexity index is 966. The molecule has 2 aromatic heterocycles. The summed E-state index contributed by atoms with van der Waals surface area (Å²) in [4.78, 5) is 15.5. The number of hydrogen-bond donors (Lipinski definition) is 2. The molecule has 3 aromatic rings. The fourth-order valence-corrected chi connectivity index (χ4v) is 2.67. The minimum atomic E-state index is -1.13. The zero-order chi connectivity index (χ0) is 17.6. The summed E-state index contributed by atoms with van der Waals surface area (Å²) in [5, 5.41) is 13.5. The van der Waals surface area contributed by atoms with Gasteiger partial charge in [0.05, 0.1) is 16.8 Å². The number of carbonyl (C=O) groups is 1. The van der Waals surface area contributed by atoms with Crippen LogP contribution in [0.25, 0.3) is 16.8 Å². The molecular formula is C16H14F2N4O2. The summed E-state index contributed by atoms with van der Waals surface area (Å²) in [6, 6.07) is 3.36. The van der Waals surface area contributed by atoms with Crippen LogP contribution >= 0.6 is 0 Å². The van der Waals surface area contributed by atoms with Crippen molar-refractivity contribution in [2.24, 2.45) is 0 Å². The van der Waals surface area contributed by atoms with Crippen molar-refractivity contribution in [2.75, 3.05) is 5.73 Å². The van der Waals surface area contributed by atoms with Crippen molar-refractivity contribution in [1.29, 1.82) is 0 Å². The third-order valence-corrected chi connectivity index (χ3v) is 3.69. The quantitative estimate of drug-likeness (QED) is 0.769. The van der Waals surface area contributed by atoms with Gasteiger partial charge in [-0.05, 0) is 23.6 Å². The van der Waals surface area contributed by atoms with Crippen LogP contribution in [-0.4, -0.2) is 25.7 Å². The molecule has 24 heavy (non-hydrogen) atoms. The van der Waals surface area contributed by atoms with Crippen LogP contribution in [0.5, 0.6) is 0 Å². The molecular weight excluding hydrogens is 318 g/mol. The summed E-state index contributed by atoms with van der Waals surface area (Å²) >= 11 is 0. The second-order valence-electron chi connectivity index (χ2n) is 5.64. The van der Waals surface area contributed by atoms with Crippen LogP contribution in [0.1, 0.15) is 35.8 Å². The highest BCUT2D eigenvalue weighted by Gasteiger charge is 2.23. The average molecular weight is 332 g/mol. The molecule has 0 aliphatic rings. The van der Waals surface area contributed by atoms with Crippen LogP contribution in [0.2, 0.25) is 0 Å². The van der Waals surface area contributed by atoms with E-state index in [1.54, 1.807) is 0 Å². The van der Waals surface area contributed by atoms with E-state index >= 15 is 0 Å². The number of hydrogen-bond acceptors (Lipinski definition) is 4. The van der Waals surface area contributed by atoms with E-state index in [0.29, 0.717) is 16.8 Å². The minimum absolute atomic E-state index is 0.0110. The maximum atomic E-state index is 13.5. The van der Waals surface area contributed by atoms with Crippen LogP contribution in [-0.2, 0) is 0 Å². The SMILES string of the molecule is CC(C)c1c(C(=O)O)cnc2c(-c3ccc(F)c(F)c3)c(N)nn12. The van der Waals surface area contributed by atoms with Crippen LogP contribution in [0, 0.1) is 11.6 Å². The second-order valence-corrected chi connectivity index (χ2v) is 5.64. The van der Waals surface area contributed by atoms with Gasteiger partial charge in [0.2, 0.25) is 0 Å². The number of halogens is 2. The first-order chi connectivity index (χ1) is 11.3. The molecule has 8 heteroatoms. The van der Waals surface area contributed by atoms with Crippen molar-refractivity contribution in [1.82, 2.24) is 14.6 Å². The van der Waals surface area contributed by atoms with Gasteiger partial charge in [-0.25, -0.2) is 23.1 Å². The Morgan fingerprint density at radius 2 is 2.00 bits per heavy atom. The molecule has 2 heterocycles. The van der Waals surface area contributed by atoms with Crippen molar-refractivity contribution in [3.63, 3.8) is 0 Å². The summed E-state index contributed by atoms with van der Waals surface area (Å²) in [6.45, 7) is 3.63. The Labute approximate surface area is 135 Å². The molecule has 0 amide bonds. The van der Waals surface area contributed by atoms with Gasteiger partial charge in [0, 0.05) is 6.20 Å². The van der Waals surface area contributed by atoms with E-state index in [0.717, 1.165) is 12.1 Å². The van der Waals surface area contributed by atoms with Crippen LogP contribution in [0.3, 0.4) is 0 Å². The van der Waals surface area contributed by atoms with Crippen molar-refractivity contribution >= 4 is 17.4 Å². The Kier molecular flexibility index (Phi) is 3.67. The summed E-state index contributed by atoms with van der Waals surface area (Å²) < 4.78 is 28.0. The minimum Gasteiger partial charge on any atom is -0.478 e. The van der Waals surface area contributed by atoms with Gasteiger partial charge in [0.15, 0.2) is 23.1 Å². The lowest BCUT2D eigenvalue weighted by molar-refractivity contribution is 0.0693. The highest BCUT2D eigenvalue weighted by molar-refractivity contribution is 5.91. The molecule has 0 radical (unpaired) electrons. The number of aromatic carboxylic acids is 1. The van der Waals surface area contributed by atoms with Gasteiger partial charge < -0.3 is 10.8 Å². The van der Waals surface area contributed by atoms with Gasteiger partial charge >= 0.3 is 5.97 Å². The summed E-state index contributed by atoms with van der Waals surface area (Å²) in [5.74, 6) is -3.23. The van der Waals surface area contributed by atoms with E-state index in [1.165, 1.54) is 16.8 Å². The highest BCUT2D eigenvalue weighted by Crippen LogP contribution is 2.32. The van der Waals surface area contributed by atoms with E-state index in [1.807, 2.05) is 13.8 Å². The third kappa shape index (κ3) is 2.36. The normalized spacial score (nSPS) is 11.4. The van der Waals surface area contributed by atoms with Crippen molar-refractivity contribution in [3.8, 4) is 11.1 Å². The van der Waals surface area contributed by atoms with E-state index in [9.17, 15) is 18.7 Å². The van der Waals surface area contributed by atoms with Crippen molar-refractivity contribution in [3.05, 3.63) is 47.3 Å². The van der Waals surface area contributed by atoms with Gasteiger partial charge in [0.25, 0.3) is 0 Å². The predicted octanol–water partition coefficient (Wildman–Crippen LogP) is 3.08. The molecule has 0 unspecified atom stereocenters. The van der Waals surface area contributed by atoms with Crippen LogP contribution in [0.15, 0.2) is 24.4 Å². The largest absolute Gasteiger partial charge is 0.478 e. The Balaban J connectivity index is 2.35. The van der Waals surface area contributed by atoms with Crippen molar-refractivity contribution in [2.45, 2.75) is 19.8 Å². The van der Waals surface area contributed by atoms with Gasteiger partial charge in [-0.1, -0.05) is 19.9 Å². The predicted molar refractivity (Wildman–Crippen MR) is 83.8 cm³/mol. The zero-order valence-corrected chi connectivity index (χ0v) is 12.9. The van der Waals surface area contributed by atoms with Gasteiger partial charge in [-0.2, -0.15) is 0 Å². The Morgan fingerprint density at radius 1 is 1.29 bits per heavy atom. The molecule has 1 aromatic carbocycles. The third-order valence-electron chi connectivity index (χ3n) is 3.69. The maximum Gasteiger partial charge on any atom is 0.339 e. The lowest BCUT2D eigenvalue weighted by atomic mass is 10.0. The average Bonchev–Trinajstić information content (AvgIpc) is 2.84. The monoisotopic (exact) mass is 332 g/mol. The van der Waals surface area contributed by atoms with Gasteiger partial charge in [0.1, 0.15) is 0 Å². The van der Waals surface area contributed by atoms with Crippen LogP contribution in [0.4, 0.5) is 14.6 Å². The topological polar surface area (TPSA) is 93.5 Å². The number of carboxylic acid groups (broad SMARTS) is 1. The number of carboxylic acids is 1. The molecule has 6 nitrogen and oxygen atoms in total. The number of rotatable bonds is 3. The Morgan fingerprint density at radius 3 is 2.58 bits per heavy atom. The standard InChI is InChI=1S/C16H14F2N4O2/c1-7(2)13-9(16(23)24)6-20-15-12(14(19)21-22(13)15)8-3-4-10(17)11(18)5-8/h3-7H,1-2H3,(H2,19,21)(H,23,24). The number of nitrogens with zero attached hydrogens (tertiary/aromatic N) is 3. The zero-order valence-electron chi connectivity index (χ0n) is 12.9. The fourth-order valence-electron chi connectivity index (χ4n) is 2.67. The van der Waals surface area contributed by atoms with E-state index < -0.39 is 17.6 Å². The van der Waals surface area contributed by atoms with Gasteiger partial charge in [-0.15, -0.1) is 5.10 Å². The number of anilines is 1. The summed E-state index contributed by atoms with van der Waals surface area (Å²) in [6.07, 6.45) is 1.22. The number of fused-ring (bicyclic) bond motifs is 1. The molecule has 0 fully saturated rings. The van der Waals surface area contributed by atoms with Crippen LogP contribution < -0.4 is 5.73 Å². The first-order valence-electron chi connectivity index (χ1n) is 7.17. The van der Waals surface area contributed by atoms with Gasteiger partial charge in [-0.3, -0.25) is 0 Å². The maximum absolute atomic E-state index is 13.5. The van der Waals surface area contributed by atoms with Crippen molar-refractivity contribution < 1.29 is 18.7 Å². The molecule has 0 aliphatic heterocycles. The number of nitrogens with two attached hydrogens (primary N) is 1. The van der Waals surface area contributed by atoms with E-state index in [-0.39, 0.29) is 22.9 Å². The number of benzene rings is 1. The Hall–Kier alpha value is -3.03. The molecule has 0 saturated carbocycles. The first kappa shape index (κ1) is 15.9. The lowest BCUT2D eigenvalue weighted by Gasteiger charge is -2.11. The molecule has 0 atom stereocenters. The fraction of sp³-hybridized carbons (Fsp3) is 0.188. The highest BCUT2D eigenvalue weighted by atomic mass is 19.2. The molecule has 0 bridgehead atoms. The first-order valence-corrected chi connectivity index (χ1v) is 7.17. The summed E-state index contributed by atoms with van der Waals surface area (Å²) in [5.41, 5.74) is 7.29. The molecule has 124 valence electrons. The van der Waals surface area contributed by atoms with E-state index in [2.05, 4.69) is 10.1 Å². The van der Waals surface area contributed by atoms with E-state index in [4.69, 9.17) is 5.73 Å².